The van der Waals surface area contributed by atoms with Crippen LogP contribution in [-0.4, -0.2) is 17.8 Å². The summed E-state index contributed by atoms with van der Waals surface area (Å²) < 4.78 is 11.8. The van der Waals surface area contributed by atoms with Crippen LogP contribution in [0, 0.1) is 0 Å². The number of methoxy groups -OCH3 is 1. The van der Waals surface area contributed by atoms with Crippen LogP contribution in [0.5, 0.6) is 11.5 Å². The van der Waals surface area contributed by atoms with Crippen molar-refractivity contribution in [3.63, 3.8) is 0 Å². The third kappa shape index (κ3) is 3.50. The first-order valence-electron chi connectivity index (χ1n) is 10.8. The Hall–Kier alpha value is -3.21. The van der Waals surface area contributed by atoms with Crippen LogP contribution >= 0.6 is 23.2 Å². The molecule has 0 saturated heterocycles. The van der Waals surface area contributed by atoms with Gasteiger partial charge in [0.05, 0.1) is 23.9 Å². The highest BCUT2D eigenvalue weighted by Crippen LogP contribution is 2.51. The van der Waals surface area contributed by atoms with Gasteiger partial charge in [0.2, 0.25) is 6.23 Å². The maximum Gasteiger partial charge on any atom is 0.213 e. The highest BCUT2D eigenvalue weighted by molar-refractivity contribution is 6.35. The van der Waals surface area contributed by atoms with Crippen molar-refractivity contribution in [3.05, 3.63) is 106 Å². The van der Waals surface area contributed by atoms with Crippen molar-refractivity contribution in [2.45, 2.75) is 18.7 Å². The third-order valence-electron chi connectivity index (χ3n) is 6.29. The zero-order chi connectivity index (χ0) is 22.5. The number of ether oxygens (including phenoxy) is 2. The van der Waals surface area contributed by atoms with E-state index in [9.17, 15) is 0 Å². The first kappa shape index (κ1) is 20.4. The number of hydrogen-bond acceptors (Lipinski definition) is 4. The molecule has 6 rings (SSSR count). The van der Waals surface area contributed by atoms with E-state index < -0.39 is 6.23 Å². The SMILES string of the molecule is COc1ccc([C@H]2Oc3c(Cl)cc(Cl)cc3[C@@H]3CC(c4ccc5ccccc5c4)=NN23)cc1. The van der Waals surface area contributed by atoms with Crippen LogP contribution in [0.1, 0.15) is 35.4 Å². The fourth-order valence-electron chi connectivity index (χ4n) is 4.65. The molecule has 33 heavy (non-hydrogen) atoms. The third-order valence-corrected chi connectivity index (χ3v) is 6.79. The molecule has 0 bridgehead atoms. The second kappa shape index (κ2) is 7.98. The van der Waals surface area contributed by atoms with Gasteiger partial charge in [-0.1, -0.05) is 59.6 Å². The summed E-state index contributed by atoms with van der Waals surface area (Å²) in [4.78, 5) is 0. The summed E-state index contributed by atoms with van der Waals surface area (Å²) in [6.45, 7) is 0. The molecule has 0 saturated carbocycles. The minimum atomic E-state index is -0.412. The Labute approximate surface area is 201 Å². The molecule has 0 fully saturated rings. The van der Waals surface area contributed by atoms with Gasteiger partial charge in [0.1, 0.15) is 11.5 Å². The maximum atomic E-state index is 6.57. The zero-order valence-electron chi connectivity index (χ0n) is 17.8. The molecule has 0 radical (unpaired) electrons. The van der Waals surface area contributed by atoms with Gasteiger partial charge in [-0.05, 0) is 58.8 Å². The van der Waals surface area contributed by atoms with Crippen LogP contribution in [0.2, 0.25) is 10.0 Å². The molecule has 0 aliphatic carbocycles. The molecule has 0 aromatic heterocycles. The topological polar surface area (TPSA) is 34.1 Å². The summed E-state index contributed by atoms with van der Waals surface area (Å²) in [6.07, 6.45) is 0.322. The van der Waals surface area contributed by atoms with Crippen molar-refractivity contribution in [1.82, 2.24) is 5.01 Å². The average molecular weight is 475 g/mol. The summed E-state index contributed by atoms with van der Waals surface area (Å²) in [5.74, 6) is 1.45. The van der Waals surface area contributed by atoms with Gasteiger partial charge in [-0.25, -0.2) is 5.01 Å². The quantitative estimate of drug-likeness (QED) is 0.310. The van der Waals surface area contributed by atoms with Crippen LogP contribution in [0.4, 0.5) is 0 Å². The lowest BCUT2D eigenvalue weighted by atomic mass is 9.95. The van der Waals surface area contributed by atoms with E-state index in [1.807, 2.05) is 35.3 Å². The molecule has 0 spiro atoms. The molecule has 4 nitrogen and oxygen atoms in total. The van der Waals surface area contributed by atoms with Crippen LogP contribution in [0.15, 0.2) is 84.0 Å². The molecule has 2 atom stereocenters. The van der Waals surface area contributed by atoms with Crippen LogP contribution in [0.3, 0.4) is 0 Å². The number of rotatable bonds is 3. The predicted molar refractivity (Wildman–Crippen MR) is 133 cm³/mol. The molecular formula is C27H20Cl2N2O2. The summed E-state index contributed by atoms with van der Waals surface area (Å²) in [5, 5.41) is 10.6. The van der Waals surface area contributed by atoms with Gasteiger partial charge in [0.25, 0.3) is 0 Å². The summed E-state index contributed by atoms with van der Waals surface area (Å²) in [7, 11) is 1.66. The number of benzene rings is 4. The van der Waals surface area contributed by atoms with E-state index in [4.69, 9.17) is 37.8 Å². The van der Waals surface area contributed by atoms with Gasteiger partial charge in [0, 0.05) is 22.6 Å². The molecule has 4 aromatic rings. The Morgan fingerprint density at radius 3 is 2.52 bits per heavy atom. The van der Waals surface area contributed by atoms with Crippen molar-refractivity contribution < 1.29 is 9.47 Å². The number of hydrazone groups is 1. The molecule has 6 heteroatoms. The second-order valence-electron chi connectivity index (χ2n) is 8.26. The number of halogens is 2. The Balaban J connectivity index is 1.46. The van der Waals surface area contributed by atoms with Crippen LogP contribution in [-0.2, 0) is 0 Å². The van der Waals surface area contributed by atoms with Crippen LogP contribution < -0.4 is 9.47 Å². The number of nitrogens with zero attached hydrogens (tertiary/aromatic N) is 2. The average Bonchev–Trinajstić information content (AvgIpc) is 3.29. The molecular weight excluding hydrogens is 455 g/mol. The molecule has 4 aromatic carbocycles. The largest absolute Gasteiger partial charge is 0.497 e. The van der Waals surface area contributed by atoms with Crippen molar-refractivity contribution in [2.24, 2.45) is 5.10 Å². The lowest BCUT2D eigenvalue weighted by Crippen LogP contribution is -2.33. The van der Waals surface area contributed by atoms with E-state index >= 15 is 0 Å². The van der Waals surface area contributed by atoms with Crippen molar-refractivity contribution in [2.75, 3.05) is 7.11 Å². The standard InChI is InChI=1S/C27H20Cl2N2O2/c1-32-21-10-8-17(9-11-21)27-31-25(22-13-20(28)14-23(29)26(22)33-27)15-24(30-31)19-7-6-16-4-2-3-5-18(16)12-19/h2-14,25,27H,15H2,1H3/t25-,27+/m0/s1. The van der Waals surface area contributed by atoms with Gasteiger partial charge in [-0.15, -0.1) is 0 Å². The molecule has 0 N–H and O–H groups in total. The van der Waals surface area contributed by atoms with Crippen molar-refractivity contribution in [1.29, 1.82) is 0 Å². The van der Waals surface area contributed by atoms with E-state index in [0.717, 1.165) is 34.6 Å². The van der Waals surface area contributed by atoms with Gasteiger partial charge in [-0.2, -0.15) is 5.10 Å². The monoisotopic (exact) mass is 474 g/mol. The highest BCUT2D eigenvalue weighted by Gasteiger charge is 2.42. The molecule has 164 valence electrons. The van der Waals surface area contributed by atoms with Gasteiger partial charge in [-0.3, -0.25) is 0 Å². The summed E-state index contributed by atoms with van der Waals surface area (Å²) in [5.41, 5.74) is 4.04. The normalized spacial score (nSPS) is 19.0. The fraction of sp³-hybridized carbons (Fsp3) is 0.148. The van der Waals surface area contributed by atoms with Crippen molar-refractivity contribution >= 4 is 39.7 Å². The van der Waals surface area contributed by atoms with E-state index in [2.05, 4.69) is 42.5 Å². The van der Waals surface area contributed by atoms with Gasteiger partial charge in [0.15, 0.2) is 0 Å². The number of fused-ring (bicyclic) bond motifs is 4. The Morgan fingerprint density at radius 2 is 1.73 bits per heavy atom. The zero-order valence-corrected chi connectivity index (χ0v) is 19.3. The van der Waals surface area contributed by atoms with E-state index in [1.165, 1.54) is 10.8 Å². The Morgan fingerprint density at radius 1 is 0.939 bits per heavy atom. The van der Waals surface area contributed by atoms with Gasteiger partial charge >= 0.3 is 0 Å². The second-order valence-corrected chi connectivity index (χ2v) is 9.10. The van der Waals surface area contributed by atoms with E-state index in [1.54, 1.807) is 13.2 Å². The molecule has 2 aliphatic heterocycles. The Bertz CT molecular complexity index is 1400. The predicted octanol–water partition coefficient (Wildman–Crippen LogP) is 7.40. The first-order valence-corrected chi connectivity index (χ1v) is 11.5. The fourth-order valence-corrected chi connectivity index (χ4v) is 5.20. The molecule has 2 aliphatic rings. The molecule has 2 heterocycles. The molecule has 0 amide bonds. The minimum Gasteiger partial charge on any atom is -0.497 e. The summed E-state index contributed by atoms with van der Waals surface area (Å²) in [6, 6.07) is 26.3. The van der Waals surface area contributed by atoms with E-state index in [0.29, 0.717) is 15.8 Å². The first-order chi connectivity index (χ1) is 16.1. The number of hydrogen-bond donors (Lipinski definition) is 0. The molecule has 0 unspecified atom stereocenters. The maximum absolute atomic E-state index is 6.57. The van der Waals surface area contributed by atoms with E-state index in [-0.39, 0.29) is 6.04 Å². The Kier molecular flexibility index (Phi) is 4.93. The smallest absolute Gasteiger partial charge is 0.213 e. The minimum absolute atomic E-state index is 0.0291. The van der Waals surface area contributed by atoms with Crippen LogP contribution in [0.25, 0.3) is 10.8 Å². The van der Waals surface area contributed by atoms with Crippen molar-refractivity contribution in [3.8, 4) is 11.5 Å². The highest BCUT2D eigenvalue weighted by atomic mass is 35.5. The van der Waals surface area contributed by atoms with Gasteiger partial charge < -0.3 is 9.47 Å². The summed E-state index contributed by atoms with van der Waals surface area (Å²) >= 11 is 12.9. The lowest BCUT2D eigenvalue weighted by Gasteiger charge is -2.38. The lowest BCUT2D eigenvalue weighted by molar-refractivity contribution is -0.0189.